The first-order valence-corrected chi connectivity index (χ1v) is 8.81. The molecule has 4 rings (SSSR count). The number of fused-ring (bicyclic) bond motifs is 1. The van der Waals surface area contributed by atoms with Crippen molar-refractivity contribution >= 4 is 5.97 Å². The zero-order valence-corrected chi connectivity index (χ0v) is 15.1. The summed E-state index contributed by atoms with van der Waals surface area (Å²) >= 11 is 0. The molecule has 0 amide bonds. The number of nitrogens with zero attached hydrogens (tertiary/aromatic N) is 1. The van der Waals surface area contributed by atoms with Crippen molar-refractivity contribution < 1.29 is 18.7 Å². The summed E-state index contributed by atoms with van der Waals surface area (Å²) in [6.45, 7) is 0. The second-order valence-corrected chi connectivity index (χ2v) is 6.43. The molecule has 0 spiro atoms. The fraction of sp³-hybridized carbons (Fsp3) is 0.0435. The summed E-state index contributed by atoms with van der Waals surface area (Å²) in [5.41, 5.74) is 7.75. The highest BCUT2D eigenvalue weighted by Gasteiger charge is 2.31. The third-order valence-electron chi connectivity index (χ3n) is 4.59. The normalized spacial score (nSPS) is 15.1. The molecule has 142 valence electrons. The summed E-state index contributed by atoms with van der Waals surface area (Å²) in [6, 6.07) is 21.4. The molecule has 1 atom stereocenters. The summed E-state index contributed by atoms with van der Waals surface area (Å²) in [5.74, 6) is -0.971. The summed E-state index contributed by atoms with van der Waals surface area (Å²) < 4.78 is 24.8. The molecule has 1 heterocycles. The largest absolute Gasteiger partial charge is 0.440 e. The number of carbonyl (C=O) groups is 1. The molecular weight excluding hydrogens is 371 g/mol. The molecule has 1 aliphatic rings. The highest BCUT2D eigenvalue weighted by molar-refractivity contribution is 5.91. The minimum atomic E-state index is -0.585. The molecule has 5 nitrogen and oxygen atoms in total. The molecule has 3 aromatic carbocycles. The molecule has 1 aliphatic heterocycles. The van der Waals surface area contributed by atoms with Gasteiger partial charge in [-0.2, -0.15) is 5.26 Å². The lowest BCUT2D eigenvalue weighted by molar-refractivity contribution is 0.0734. The van der Waals surface area contributed by atoms with E-state index in [-0.39, 0.29) is 17.2 Å². The number of hydrogen-bond donors (Lipinski definition) is 1. The van der Waals surface area contributed by atoms with Gasteiger partial charge in [0.15, 0.2) is 0 Å². The number of carbonyl (C=O) groups excluding carboxylic acids is 1. The van der Waals surface area contributed by atoms with Gasteiger partial charge in [-0.1, -0.05) is 36.4 Å². The number of benzene rings is 3. The Hall–Kier alpha value is -4.11. The van der Waals surface area contributed by atoms with Crippen LogP contribution in [-0.4, -0.2) is 5.97 Å². The van der Waals surface area contributed by atoms with Crippen LogP contribution in [-0.2, 0) is 0 Å². The van der Waals surface area contributed by atoms with Gasteiger partial charge in [-0.3, -0.25) is 0 Å². The van der Waals surface area contributed by atoms with E-state index in [1.807, 2.05) is 0 Å². The molecule has 6 heteroatoms. The Morgan fingerprint density at radius 1 is 1.07 bits per heavy atom. The van der Waals surface area contributed by atoms with Gasteiger partial charge >= 0.3 is 5.97 Å². The first-order valence-electron chi connectivity index (χ1n) is 8.81. The summed E-state index contributed by atoms with van der Waals surface area (Å²) in [7, 11) is 0. The third-order valence-corrected chi connectivity index (χ3v) is 4.59. The number of hydrogen-bond acceptors (Lipinski definition) is 5. The maximum Gasteiger partial charge on any atom is 0.343 e. The highest BCUT2D eigenvalue weighted by atomic mass is 19.1. The first-order chi connectivity index (χ1) is 14.1. The molecule has 29 heavy (non-hydrogen) atoms. The van der Waals surface area contributed by atoms with Crippen LogP contribution >= 0.6 is 0 Å². The fourth-order valence-electron chi connectivity index (χ4n) is 3.27. The van der Waals surface area contributed by atoms with Crippen molar-refractivity contribution in [2.45, 2.75) is 5.92 Å². The third kappa shape index (κ3) is 3.54. The van der Waals surface area contributed by atoms with Crippen LogP contribution in [0.1, 0.15) is 27.4 Å². The molecule has 0 saturated heterocycles. The summed E-state index contributed by atoms with van der Waals surface area (Å²) in [5, 5.41) is 9.56. The monoisotopic (exact) mass is 386 g/mol. The Kier molecular flexibility index (Phi) is 4.71. The van der Waals surface area contributed by atoms with Crippen LogP contribution in [0.3, 0.4) is 0 Å². The van der Waals surface area contributed by atoms with E-state index in [0.29, 0.717) is 22.4 Å². The van der Waals surface area contributed by atoms with Crippen LogP contribution in [0, 0.1) is 17.1 Å². The van der Waals surface area contributed by atoms with E-state index in [2.05, 4.69) is 6.07 Å². The van der Waals surface area contributed by atoms with E-state index in [1.165, 1.54) is 18.2 Å². The van der Waals surface area contributed by atoms with Crippen LogP contribution in [0.5, 0.6) is 11.5 Å². The van der Waals surface area contributed by atoms with E-state index in [0.717, 1.165) is 0 Å². The Balaban J connectivity index is 1.71. The molecule has 0 bridgehead atoms. The minimum absolute atomic E-state index is 0.0687. The van der Waals surface area contributed by atoms with Gasteiger partial charge in [0.1, 0.15) is 29.0 Å². The average molecular weight is 386 g/mol. The van der Waals surface area contributed by atoms with E-state index in [1.54, 1.807) is 54.6 Å². The average Bonchev–Trinajstić information content (AvgIpc) is 2.73. The summed E-state index contributed by atoms with van der Waals surface area (Å²) in [4.78, 5) is 12.3. The van der Waals surface area contributed by atoms with Crippen LogP contribution in [0.15, 0.2) is 84.3 Å². The van der Waals surface area contributed by atoms with Crippen LogP contribution in [0.2, 0.25) is 0 Å². The zero-order valence-electron chi connectivity index (χ0n) is 15.1. The van der Waals surface area contributed by atoms with Gasteiger partial charge in [-0.05, 0) is 35.9 Å². The van der Waals surface area contributed by atoms with Crippen molar-refractivity contribution in [1.29, 1.82) is 5.26 Å². The number of allylic oxidation sites excluding steroid dienone is 1. The lowest BCUT2D eigenvalue weighted by Crippen LogP contribution is -2.21. The smallest absolute Gasteiger partial charge is 0.343 e. The summed E-state index contributed by atoms with van der Waals surface area (Å²) in [6.07, 6.45) is 0. The topological polar surface area (TPSA) is 85.3 Å². The number of esters is 1. The number of nitrogens with two attached hydrogens (primary N) is 1. The van der Waals surface area contributed by atoms with Gasteiger partial charge in [0.2, 0.25) is 5.88 Å². The molecule has 2 N–H and O–H groups in total. The van der Waals surface area contributed by atoms with E-state index in [9.17, 15) is 14.4 Å². The van der Waals surface area contributed by atoms with Crippen molar-refractivity contribution in [3.63, 3.8) is 0 Å². The lowest BCUT2D eigenvalue weighted by Gasteiger charge is -2.26. The van der Waals surface area contributed by atoms with Crippen molar-refractivity contribution in [2.24, 2.45) is 5.73 Å². The van der Waals surface area contributed by atoms with Crippen molar-refractivity contribution in [1.82, 2.24) is 0 Å². The van der Waals surface area contributed by atoms with Gasteiger partial charge in [0.05, 0.1) is 11.5 Å². The minimum Gasteiger partial charge on any atom is -0.440 e. The van der Waals surface area contributed by atoms with Crippen molar-refractivity contribution in [3.05, 3.63) is 107 Å². The maximum absolute atomic E-state index is 13.8. The van der Waals surface area contributed by atoms with E-state index >= 15 is 0 Å². The van der Waals surface area contributed by atoms with Gasteiger partial charge in [0, 0.05) is 11.6 Å². The fourth-order valence-corrected chi connectivity index (χ4v) is 3.27. The second kappa shape index (κ2) is 7.49. The molecule has 3 aromatic rings. The van der Waals surface area contributed by atoms with Gasteiger partial charge in [0.25, 0.3) is 0 Å². The van der Waals surface area contributed by atoms with E-state index in [4.69, 9.17) is 15.2 Å². The van der Waals surface area contributed by atoms with Crippen molar-refractivity contribution in [3.8, 4) is 17.6 Å². The molecule has 1 unspecified atom stereocenters. The second-order valence-electron chi connectivity index (χ2n) is 6.43. The maximum atomic E-state index is 13.8. The first kappa shape index (κ1) is 18.3. The predicted octanol–water partition coefficient (Wildman–Crippen LogP) is 4.26. The Morgan fingerprint density at radius 3 is 2.59 bits per heavy atom. The molecular formula is C23H15FN2O3. The SMILES string of the molecule is N#CC1=C(N)Oc2cc(OC(=O)c3ccccc3)ccc2C1c1cccc(F)c1. The zero-order chi connectivity index (χ0) is 20.4. The molecule has 0 radical (unpaired) electrons. The standard InChI is InChI=1S/C23H15FN2O3/c24-16-8-4-7-15(11-16)21-18-10-9-17(12-20(18)29-22(26)19(21)13-25)28-23(27)14-5-2-1-3-6-14/h1-12,21H,26H2. The van der Waals surface area contributed by atoms with Crippen molar-refractivity contribution in [2.75, 3.05) is 0 Å². The van der Waals surface area contributed by atoms with Gasteiger partial charge in [-0.25, -0.2) is 9.18 Å². The number of nitriles is 1. The molecule has 0 aromatic heterocycles. The molecule has 0 fully saturated rings. The predicted molar refractivity (Wildman–Crippen MR) is 104 cm³/mol. The number of rotatable bonds is 3. The Bertz CT molecular complexity index is 1170. The Labute approximate surface area is 166 Å². The van der Waals surface area contributed by atoms with Crippen LogP contribution < -0.4 is 15.2 Å². The van der Waals surface area contributed by atoms with E-state index < -0.39 is 17.7 Å². The number of halogens is 1. The Morgan fingerprint density at radius 2 is 1.86 bits per heavy atom. The number of ether oxygens (including phenoxy) is 2. The van der Waals surface area contributed by atoms with Crippen LogP contribution in [0.25, 0.3) is 0 Å². The van der Waals surface area contributed by atoms with Crippen LogP contribution in [0.4, 0.5) is 4.39 Å². The lowest BCUT2D eigenvalue weighted by atomic mass is 9.83. The van der Waals surface area contributed by atoms with Gasteiger partial charge in [-0.15, -0.1) is 0 Å². The molecule has 0 aliphatic carbocycles. The molecule has 0 saturated carbocycles. The highest BCUT2D eigenvalue weighted by Crippen LogP contribution is 2.43. The van der Waals surface area contributed by atoms with Gasteiger partial charge < -0.3 is 15.2 Å². The quantitative estimate of drug-likeness (QED) is 0.537.